The van der Waals surface area contributed by atoms with Gasteiger partial charge in [0.2, 0.25) is 0 Å². The molecule has 0 aromatic heterocycles. The van der Waals surface area contributed by atoms with E-state index < -0.39 is 23.2 Å². The second-order valence-electron chi connectivity index (χ2n) is 6.60. The van der Waals surface area contributed by atoms with Gasteiger partial charge in [0.15, 0.2) is 0 Å². The molecule has 0 radical (unpaired) electrons. The molecule has 0 spiro atoms. The van der Waals surface area contributed by atoms with Crippen molar-refractivity contribution < 1.29 is 18.4 Å². The zero-order valence-corrected chi connectivity index (χ0v) is 14.5. The number of anilines is 1. The van der Waals surface area contributed by atoms with Crippen LogP contribution in [0.1, 0.15) is 40.5 Å². The zero-order valence-electron chi connectivity index (χ0n) is 14.5. The first-order valence-electron chi connectivity index (χ1n) is 8.60. The Labute approximate surface area is 150 Å². The minimum absolute atomic E-state index is 0.0657. The topological polar surface area (TPSA) is 49.4 Å². The number of carbonyl (C=O) groups excluding carboxylic acids is 2. The molecule has 0 unspecified atom stereocenters. The Hall–Kier alpha value is -2.76. The third kappa shape index (κ3) is 3.90. The van der Waals surface area contributed by atoms with Crippen LogP contribution in [0.25, 0.3) is 0 Å². The number of benzene rings is 2. The lowest BCUT2D eigenvalue weighted by Gasteiger charge is -2.30. The summed E-state index contributed by atoms with van der Waals surface area (Å²) in [7, 11) is 0. The van der Waals surface area contributed by atoms with E-state index in [1.54, 1.807) is 12.1 Å². The van der Waals surface area contributed by atoms with Crippen LogP contribution in [-0.2, 0) is 0 Å². The number of para-hydroxylation sites is 1. The SMILES string of the molecule is CC1CCN(C(=O)c2ccc(C(=O)Nc3c(F)cccc3F)cc2)CC1. The molecule has 136 valence electrons. The molecule has 0 atom stereocenters. The first-order valence-corrected chi connectivity index (χ1v) is 8.60. The largest absolute Gasteiger partial charge is 0.339 e. The summed E-state index contributed by atoms with van der Waals surface area (Å²) in [6.45, 7) is 3.64. The first kappa shape index (κ1) is 18.0. The molecule has 2 aromatic carbocycles. The Morgan fingerprint density at radius 3 is 2.08 bits per heavy atom. The van der Waals surface area contributed by atoms with Crippen molar-refractivity contribution in [2.75, 3.05) is 18.4 Å². The van der Waals surface area contributed by atoms with Gasteiger partial charge in [0, 0.05) is 24.2 Å². The molecule has 0 aliphatic carbocycles. The standard InChI is InChI=1S/C20H20F2N2O2/c1-13-9-11-24(12-10-13)20(26)15-7-5-14(6-8-15)19(25)23-18-16(21)3-2-4-17(18)22/h2-8,13H,9-12H2,1H3,(H,23,25). The molecular formula is C20H20F2N2O2. The molecule has 1 aliphatic rings. The van der Waals surface area contributed by atoms with Gasteiger partial charge in [-0.3, -0.25) is 9.59 Å². The van der Waals surface area contributed by atoms with Crippen molar-refractivity contribution in [2.45, 2.75) is 19.8 Å². The Morgan fingerprint density at radius 1 is 0.962 bits per heavy atom. The summed E-state index contributed by atoms with van der Waals surface area (Å²) in [5.74, 6) is -1.76. The van der Waals surface area contributed by atoms with Gasteiger partial charge in [-0.05, 0) is 55.2 Å². The quantitative estimate of drug-likeness (QED) is 0.898. The summed E-state index contributed by atoms with van der Waals surface area (Å²) in [6.07, 6.45) is 1.97. The van der Waals surface area contributed by atoms with E-state index in [1.165, 1.54) is 18.2 Å². The molecule has 0 saturated carbocycles. The van der Waals surface area contributed by atoms with Gasteiger partial charge in [0.1, 0.15) is 17.3 Å². The van der Waals surface area contributed by atoms with Crippen LogP contribution in [0.5, 0.6) is 0 Å². The van der Waals surface area contributed by atoms with Crippen molar-refractivity contribution in [2.24, 2.45) is 5.92 Å². The molecular weight excluding hydrogens is 338 g/mol. The highest BCUT2D eigenvalue weighted by Gasteiger charge is 2.21. The third-order valence-electron chi connectivity index (χ3n) is 4.67. The fraction of sp³-hybridized carbons (Fsp3) is 0.300. The van der Waals surface area contributed by atoms with E-state index in [2.05, 4.69) is 12.2 Å². The monoisotopic (exact) mass is 358 g/mol. The maximum absolute atomic E-state index is 13.6. The normalized spacial score (nSPS) is 15.0. The molecule has 26 heavy (non-hydrogen) atoms. The summed E-state index contributed by atoms with van der Waals surface area (Å²) in [6, 6.07) is 9.45. The van der Waals surface area contributed by atoms with E-state index in [-0.39, 0.29) is 11.5 Å². The smallest absolute Gasteiger partial charge is 0.255 e. The number of amides is 2. The van der Waals surface area contributed by atoms with Gasteiger partial charge in [-0.1, -0.05) is 13.0 Å². The van der Waals surface area contributed by atoms with Crippen LogP contribution in [0.15, 0.2) is 42.5 Å². The number of hydrogen-bond acceptors (Lipinski definition) is 2. The molecule has 0 bridgehead atoms. The van der Waals surface area contributed by atoms with Crippen LogP contribution in [0.2, 0.25) is 0 Å². The summed E-state index contributed by atoms with van der Waals surface area (Å²) in [4.78, 5) is 26.5. The highest BCUT2D eigenvalue weighted by atomic mass is 19.1. The minimum Gasteiger partial charge on any atom is -0.339 e. The first-order chi connectivity index (χ1) is 12.5. The fourth-order valence-electron chi connectivity index (χ4n) is 2.96. The molecule has 1 N–H and O–H groups in total. The fourth-order valence-corrected chi connectivity index (χ4v) is 2.96. The van der Waals surface area contributed by atoms with Gasteiger partial charge in [0.05, 0.1) is 0 Å². The Morgan fingerprint density at radius 2 is 1.50 bits per heavy atom. The summed E-state index contributed by atoms with van der Waals surface area (Å²) in [5, 5.41) is 2.23. The van der Waals surface area contributed by atoms with Crippen molar-refractivity contribution in [3.8, 4) is 0 Å². The number of nitrogens with one attached hydrogen (secondary N) is 1. The lowest BCUT2D eigenvalue weighted by molar-refractivity contribution is 0.0697. The highest BCUT2D eigenvalue weighted by Crippen LogP contribution is 2.20. The molecule has 2 amide bonds. The number of nitrogens with zero attached hydrogens (tertiary/aromatic N) is 1. The lowest BCUT2D eigenvalue weighted by atomic mass is 9.98. The second-order valence-corrected chi connectivity index (χ2v) is 6.60. The van der Waals surface area contributed by atoms with Crippen LogP contribution >= 0.6 is 0 Å². The maximum atomic E-state index is 13.6. The van der Waals surface area contributed by atoms with Crippen molar-refractivity contribution in [3.63, 3.8) is 0 Å². The highest BCUT2D eigenvalue weighted by molar-refractivity contribution is 6.05. The van der Waals surface area contributed by atoms with E-state index in [4.69, 9.17) is 0 Å². The average Bonchev–Trinajstić information content (AvgIpc) is 2.65. The predicted octanol–water partition coefficient (Wildman–Crippen LogP) is 4.09. The van der Waals surface area contributed by atoms with Crippen molar-refractivity contribution >= 4 is 17.5 Å². The van der Waals surface area contributed by atoms with E-state index in [0.29, 0.717) is 11.5 Å². The molecule has 1 saturated heterocycles. The Bertz CT molecular complexity index is 793. The van der Waals surface area contributed by atoms with Gasteiger partial charge in [-0.2, -0.15) is 0 Å². The van der Waals surface area contributed by atoms with E-state index >= 15 is 0 Å². The number of carbonyl (C=O) groups is 2. The van der Waals surface area contributed by atoms with E-state index in [0.717, 1.165) is 38.1 Å². The summed E-state index contributed by atoms with van der Waals surface area (Å²) >= 11 is 0. The number of hydrogen-bond donors (Lipinski definition) is 1. The van der Waals surface area contributed by atoms with Gasteiger partial charge in [-0.15, -0.1) is 0 Å². The molecule has 4 nitrogen and oxygen atoms in total. The van der Waals surface area contributed by atoms with Gasteiger partial charge in [-0.25, -0.2) is 8.78 Å². The summed E-state index contributed by atoms with van der Waals surface area (Å²) < 4.78 is 27.2. The lowest BCUT2D eigenvalue weighted by Crippen LogP contribution is -2.37. The van der Waals surface area contributed by atoms with Gasteiger partial charge >= 0.3 is 0 Å². The summed E-state index contributed by atoms with van der Waals surface area (Å²) in [5.41, 5.74) is 0.227. The number of likely N-dealkylation sites (tertiary alicyclic amines) is 1. The zero-order chi connectivity index (χ0) is 18.7. The molecule has 1 aliphatic heterocycles. The number of rotatable bonds is 3. The number of halogens is 2. The van der Waals surface area contributed by atoms with Gasteiger partial charge < -0.3 is 10.2 Å². The van der Waals surface area contributed by atoms with Gasteiger partial charge in [0.25, 0.3) is 11.8 Å². The predicted molar refractivity (Wildman–Crippen MR) is 95.1 cm³/mol. The van der Waals surface area contributed by atoms with Crippen LogP contribution in [-0.4, -0.2) is 29.8 Å². The maximum Gasteiger partial charge on any atom is 0.255 e. The minimum atomic E-state index is -0.843. The molecule has 6 heteroatoms. The van der Waals surface area contributed by atoms with Crippen LogP contribution in [0.4, 0.5) is 14.5 Å². The van der Waals surface area contributed by atoms with Crippen LogP contribution in [0, 0.1) is 17.6 Å². The van der Waals surface area contributed by atoms with Crippen molar-refractivity contribution in [1.29, 1.82) is 0 Å². The molecule has 1 fully saturated rings. The van der Waals surface area contributed by atoms with E-state index in [9.17, 15) is 18.4 Å². The van der Waals surface area contributed by atoms with Crippen molar-refractivity contribution in [3.05, 3.63) is 65.2 Å². The molecule has 3 rings (SSSR count). The number of piperidine rings is 1. The second kappa shape index (κ2) is 7.64. The van der Waals surface area contributed by atoms with Crippen LogP contribution < -0.4 is 5.32 Å². The Balaban J connectivity index is 1.69. The van der Waals surface area contributed by atoms with E-state index in [1.807, 2.05) is 4.90 Å². The molecule has 1 heterocycles. The van der Waals surface area contributed by atoms with Crippen LogP contribution in [0.3, 0.4) is 0 Å². The average molecular weight is 358 g/mol. The van der Waals surface area contributed by atoms with Crippen molar-refractivity contribution in [1.82, 2.24) is 4.90 Å². The molecule has 2 aromatic rings. The Kier molecular flexibility index (Phi) is 5.30. The third-order valence-corrected chi connectivity index (χ3v) is 4.67.